The molecule has 1 atom stereocenters. The van der Waals surface area contributed by atoms with Gasteiger partial charge >= 0.3 is 5.97 Å². The van der Waals surface area contributed by atoms with E-state index in [9.17, 15) is 23.9 Å². The minimum Gasteiger partial charge on any atom is -0.505 e. The van der Waals surface area contributed by atoms with Crippen molar-refractivity contribution in [2.75, 3.05) is 25.5 Å². The Labute approximate surface area is 216 Å². The van der Waals surface area contributed by atoms with Crippen LogP contribution in [0.3, 0.4) is 0 Å². The lowest BCUT2D eigenvalue weighted by Gasteiger charge is -2.18. The van der Waals surface area contributed by atoms with E-state index in [1.54, 1.807) is 31.4 Å². The standard InChI is InChI=1S/C25H24FN5O5S/c1-14-21(23(34)31-18(24(35)36-3)13-28-22(33)20-7-5-11-37-20)15(2)30-25(29-14)27-10-4-6-16-8-9-17(26)19(32)12-16/h5,7-9,11-12,18,32H,10,13H2,1-3H3,(H,28,33)(H,31,34)(H,27,29,30)/t18-/m0/s1. The molecule has 4 N–H and O–H groups in total. The number of aromatic hydroxyl groups is 1. The Morgan fingerprint density at radius 3 is 2.51 bits per heavy atom. The first-order valence-electron chi connectivity index (χ1n) is 11.0. The fourth-order valence-corrected chi connectivity index (χ4v) is 3.88. The summed E-state index contributed by atoms with van der Waals surface area (Å²) in [5.41, 5.74) is 1.33. The van der Waals surface area contributed by atoms with Gasteiger partial charge in [0.25, 0.3) is 11.8 Å². The third-order valence-electron chi connectivity index (χ3n) is 5.01. The molecule has 3 aromatic rings. The van der Waals surface area contributed by atoms with Gasteiger partial charge in [-0.1, -0.05) is 17.9 Å². The number of anilines is 1. The smallest absolute Gasteiger partial charge is 0.330 e. The van der Waals surface area contributed by atoms with Crippen LogP contribution < -0.4 is 16.0 Å². The number of hydrogen-bond donors (Lipinski definition) is 4. The Kier molecular flexibility index (Phi) is 9.12. The number of hydrogen-bond acceptors (Lipinski definition) is 9. The molecule has 0 aliphatic rings. The Morgan fingerprint density at radius 1 is 1.16 bits per heavy atom. The van der Waals surface area contributed by atoms with E-state index in [-0.39, 0.29) is 30.5 Å². The molecule has 0 saturated heterocycles. The summed E-state index contributed by atoms with van der Waals surface area (Å²) < 4.78 is 17.9. The lowest BCUT2D eigenvalue weighted by atomic mass is 10.1. The highest BCUT2D eigenvalue weighted by atomic mass is 32.1. The maximum Gasteiger partial charge on any atom is 0.330 e. The number of benzene rings is 1. The minimum absolute atomic E-state index is 0.150. The molecule has 2 amide bonds. The van der Waals surface area contributed by atoms with Gasteiger partial charge in [-0.05, 0) is 43.5 Å². The Hall–Kier alpha value is -4.50. The van der Waals surface area contributed by atoms with Gasteiger partial charge in [0.2, 0.25) is 5.95 Å². The molecular formula is C25H24FN5O5S. The van der Waals surface area contributed by atoms with Gasteiger partial charge in [0, 0.05) is 12.1 Å². The van der Waals surface area contributed by atoms with Crippen molar-refractivity contribution in [2.45, 2.75) is 19.9 Å². The summed E-state index contributed by atoms with van der Waals surface area (Å²) in [6.07, 6.45) is 0. The van der Waals surface area contributed by atoms with Gasteiger partial charge in [0.15, 0.2) is 11.6 Å². The molecule has 37 heavy (non-hydrogen) atoms. The SMILES string of the molecule is COC(=O)[C@H](CNC(=O)c1cccs1)NC(=O)c1c(C)nc(NCC#Cc2ccc(F)c(O)c2)nc1C. The van der Waals surface area contributed by atoms with Gasteiger partial charge in [-0.25, -0.2) is 19.2 Å². The fraction of sp³-hybridized carbons (Fsp3) is 0.240. The third-order valence-corrected chi connectivity index (χ3v) is 5.88. The number of aromatic nitrogens is 2. The molecule has 10 nitrogen and oxygen atoms in total. The summed E-state index contributed by atoms with van der Waals surface area (Å²) in [6, 6.07) is 6.02. The molecular weight excluding hydrogens is 501 g/mol. The number of halogens is 1. The van der Waals surface area contributed by atoms with Crippen molar-refractivity contribution in [3.63, 3.8) is 0 Å². The van der Waals surface area contributed by atoms with Gasteiger partial charge in [-0.2, -0.15) is 0 Å². The number of amides is 2. The first-order valence-corrected chi connectivity index (χ1v) is 11.8. The van der Waals surface area contributed by atoms with Crippen molar-refractivity contribution in [3.05, 3.63) is 68.9 Å². The van der Waals surface area contributed by atoms with E-state index < -0.39 is 29.5 Å². The number of aryl methyl sites for hydroxylation is 2. The number of carbonyl (C=O) groups is 3. The molecule has 2 heterocycles. The van der Waals surface area contributed by atoms with Crippen LogP contribution in [-0.2, 0) is 9.53 Å². The number of nitrogens with zero attached hydrogens (tertiary/aromatic N) is 2. The number of esters is 1. The zero-order chi connectivity index (χ0) is 26.9. The number of phenolic OH excluding ortho intramolecular Hbond substituents is 1. The summed E-state index contributed by atoms with van der Waals surface area (Å²) in [7, 11) is 1.18. The highest BCUT2D eigenvalue weighted by molar-refractivity contribution is 7.12. The molecule has 0 aliphatic heterocycles. The van der Waals surface area contributed by atoms with Crippen molar-refractivity contribution in [1.82, 2.24) is 20.6 Å². The average Bonchev–Trinajstić information content (AvgIpc) is 3.40. The molecule has 3 rings (SSSR count). The number of phenols is 1. The van der Waals surface area contributed by atoms with E-state index in [0.29, 0.717) is 21.8 Å². The zero-order valence-corrected chi connectivity index (χ0v) is 21.0. The van der Waals surface area contributed by atoms with Crippen LogP contribution >= 0.6 is 11.3 Å². The summed E-state index contributed by atoms with van der Waals surface area (Å²) in [5.74, 6) is 2.92. The highest BCUT2D eigenvalue weighted by Gasteiger charge is 2.25. The van der Waals surface area contributed by atoms with Gasteiger partial charge in [-0.15, -0.1) is 11.3 Å². The van der Waals surface area contributed by atoms with Crippen molar-refractivity contribution >= 4 is 35.1 Å². The second-order valence-corrected chi connectivity index (χ2v) is 8.60. The van der Waals surface area contributed by atoms with Crippen molar-refractivity contribution in [1.29, 1.82) is 0 Å². The number of ether oxygens (including phenoxy) is 1. The van der Waals surface area contributed by atoms with Gasteiger partial charge in [-0.3, -0.25) is 9.59 Å². The van der Waals surface area contributed by atoms with Crippen LogP contribution in [0.25, 0.3) is 0 Å². The van der Waals surface area contributed by atoms with Gasteiger partial charge < -0.3 is 25.8 Å². The van der Waals surface area contributed by atoms with E-state index in [1.165, 1.54) is 30.6 Å². The van der Waals surface area contributed by atoms with Crippen LogP contribution in [0.15, 0.2) is 35.7 Å². The number of nitrogens with one attached hydrogen (secondary N) is 3. The number of thiophene rings is 1. The maximum absolute atomic E-state index is 13.1. The average molecular weight is 526 g/mol. The van der Waals surface area contributed by atoms with E-state index in [4.69, 9.17) is 4.74 Å². The monoisotopic (exact) mass is 525 g/mol. The van der Waals surface area contributed by atoms with Crippen molar-refractivity contribution < 1.29 is 28.6 Å². The number of carbonyl (C=O) groups excluding carboxylic acids is 3. The Bertz CT molecular complexity index is 1340. The molecule has 0 saturated carbocycles. The van der Waals surface area contributed by atoms with Crippen LogP contribution in [0, 0.1) is 31.5 Å². The lowest BCUT2D eigenvalue weighted by molar-refractivity contribution is -0.142. The van der Waals surface area contributed by atoms with Gasteiger partial charge in [0.1, 0.15) is 6.04 Å². The van der Waals surface area contributed by atoms with E-state index in [1.807, 2.05) is 0 Å². The zero-order valence-electron chi connectivity index (χ0n) is 20.2. The number of methoxy groups -OCH3 is 1. The largest absolute Gasteiger partial charge is 0.505 e. The van der Waals surface area contributed by atoms with E-state index in [0.717, 1.165) is 6.07 Å². The molecule has 12 heteroatoms. The van der Waals surface area contributed by atoms with Crippen molar-refractivity contribution in [3.8, 4) is 17.6 Å². The summed E-state index contributed by atoms with van der Waals surface area (Å²) >= 11 is 1.25. The quantitative estimate of drug-likeness (QED) is 0.259. The molecule has 192 valence electrons. The molecule has 0 aliphatic carbocycles. The van der Waals surface area contributed by atoms with Crippen LogP contribution in [0.1, 0.15) is 37.0 Å². The third kappa shape index (κ3) is 7.25. The summed E-state index contributed by atoms with van der Waals surface area (Å²) in [6.45, 7) is 3.22. The maximum atomic E-state index is 13.1. The molecule has 0 bridgehead atoms. The second kappa shape index (κ2) is 12.5. The van der Waals surface area contributed by atoms with Crippen LogP contribution in [0.4, 0.5) is 10.3 Å². The molecule has 1 aromatic carbocycles. The Balaban J connectivity index is 1.64. The molecule has 0 spiro atoms. The Morgan fingerprint density at radius 2 is 1.89 bits per heavy atom. The topological polar surface area (TPSA) is 143 Å². The van der Waals surface area contributed by atoms with E-state index in [2.05, 4.69) is 37.8 Å². The normalized spacial score (nSPS) is 11.0. The van der Waals surface area contributed by atoms with Crippen LogP contribution in [0.2, 0.25) is 0 Å². The molecule has 0 fully saturated rings. The first-order chi connectivity index (χ1) is 17.7. The highest BCUT2D eigenvalue weighted by Crippen LogP contribution is 2.16. The summed E-state index contributed by atoms with van der Waals surface area (Å²) in [5, 5.41) is 19.3. The first kappa shape index (κ1) is 27.1. The second-order valence-electron chi connectivity index (χ2n) is 7.65. The minimum atomic E-state index is -1.13. The number of rotatable bonds is 8. The summed E-state index contributed by atoms with van der Waals surface area (Å²) in [4.78, 5) is 46.4. The predicted molar refractivity (Wildman–Crippen MR) is 135 cm³/mol. The van der Waals surface area contributed by atoms with Gasteiger partial charge in [0.05, 0.1) is 35.5 Å². The van der Waals surface area contributed by atoms with Crippen LogP contribution in [-0.4, -0.2) is 59.1 Å². The van der Waals surface area contributed by atoms with E-state index >= 15 is 0 Å². The molecule has 0 radical (unpaired) electrons. The van der Waals surface area contributed by atoms with Crippen molar-refractivity contribution in [2.24, 2.45) is 0 Å². The van der Waals surface area contributed by atoms with Crippen LogP contribution in [0.5, 0.6) is 5.75 Å². The predicted octanol–water partition coefficient (Wildman–Crippen LogP) is 2.16. The lowest BCUT2D eigenvalue weighted by Crippen LogP contribution is -2.49. The molecule has 2 aromatic heterocycles. The fourth-order valence-electron chi connectivity index (χ4n) is 3.24. The molecule has 0 unspecified atom stereocenters.